The maximum Gasteiger partial charge on any atom is 0.231 e. The van der Waals surface area contributed by atoms with E-state index in [0.717, 1.165) is 17.0 Å². The molecule has 2 aromatic carbocycles. The van der Waals surface area contributed by atoms with Crippen molar-refractivity contribution in [2.75, 3.05) is 7.11 Å². The zero-order valence-corrected chi connectivity index (χ0v) is 18.5. The molecule has 3 rings (SSSR count). The van der Waals surface area contributed by atoms with Gasteiger partial charge in [-0.2, -0.15) is 0 Å². The van der Waals surface area contributed by atoms with Crippen LogP contribution in [0.25, 0.3) is 5.69 Å². The van der Waals surface area contributed by atoms with Gasteiger partial charge in [0.1, 0.15) is 18.1 Å². The Morgan fingerprint density at radius 2 is 1.90 bits per heavy atom. The van der Waals surface area contributed by atoms with Gasteiger partial charge in [-0.1, -0.05) is 36.4 Å². The predicted molar refractivity (Wildman–Crippen MR) is 118 cm³/mol. The van der Waals surface area contributed by atoms with E-state index >= 15 is 0 Å². The number of hydrogen-bond donors (Lipinski definition) is 1. The molecular weight excluding hydrogens is 424 g/mol. The molecule has 158 valence electrons. The van der Waals surface area contributed by atoms with Gasteiger partial charge in [-0.25, -0.2) is 0 Å². The monoisotopic (exact) mass is 446 g/mol. The first-order chi connectivity index (χ1) is 14.4. The molecule has 2 N–H and O–H groups in total. The quantitative estimate of drug-likeness (QED) is 0.496. The topological polar surface area (TPSA) is 92.3 Å². The van der Waals surface area contributed by atoms with Crippen molar-refractivity contribution in [1.82, 2.24) is 14.8 Å². The molecule has 1 aromatic heterocycles. The van der Waals surface area contributed by atoms with E-state index in [0.29, 0.717) is 28.2 Å². The first-order valence-electron chi connectivity index (χ1n) is 9.36. The number of nitrogens with zero attached hydrogens (tertiary/aromatic N) is 3. The second kappa shape index (κ2) is 9.86. The molecule has 1 unspecified atom stereocenters. The van der Waals surface area contributed by atoms with Gasteiger partial charge in [-0.3, -0.25) is 9.36 Å². The molecule has 0 radical (unpaired) electrons. The number of aryl methyl sites for hydroxylation is 1. The highest BCUT2D eigenvalue weighted by Crippen LogP contribution is 2.29. The smallest absolute Gasteiger partial charge is 0.231 e. The van der Waals surface area contributed by atoms with Gasteiger partial charge in [0, 0.05) is 5.02 Å². The maximum absolute atomic E-state index is 11.7. The minimum absolute atomic E-state index is 0.179. The number of halogens is 1. The number of methoxy groups -OCH3 is 1. The summed E-state index contributed by atoms with van der Waals surface area (Å²) in [6, 6.07) is 13.0. The highest BCUT2D eigenvalue weighted by molar-refractivity contribution is 8.00. The van der Waals surface area contributed by atoms with Crippen molar-refractivity contribution in [3.63, 3.8) is 0 Å². The zero-order chi connectivity index (χ0) is 21.7. The summed E-state index contributed by atoms with van der Waals surface area (Å²) >= 11 is 7.62. The molecule has 1 atom stereocenters. The Balaban J connectivity index is 1.93. The fraction of sp³-hybridized carbons (Fsp3) is 0.286. The van der Waals surface area contributed by atoms with E-state index in [4.69, 9.17) is 26.8 Å². The molecule has 1 amide bonds. The lowest BCUT2D eigenvalue weighted by Gasteiger charge is -2.14. The molecule has 0 aliphatic carbocycles. The Hall–Kier alpha value is -2.71. The Morgan fingerprint density at radius 3 is 2.50 bits per heavy atom. The summed E-state index contributed by atoms with van der Waals surface area (Å²) in [5.74, 6) is 1.60. The van der Waals surface area contributed by atoms with E-state index in [1.165, 1.54) is 11.8 Å². The summed E-state index contributed by atoms with van der Waals surface area (Å²) in [6.07, 6.45) is 0.583. The van der Waals surface area contributed by atoms with Crippen molar-refractivity contribution in [3.8, 4) is 17.2 Å². The Bertz CT molecular complexity index is 1020. The molecular formula is C21H23ClN4O3S. The van der Waals surface area contributed by atoms with Crippen molar-refractivity contribution in [2.24, 2.45) is 5.73 Å². The molecule has 3 aromatic rings. The molecule has 0 bridgehead atoms. The van der Waals surface area contributed by atoms with E-state index in [1.54, 1.807) is 7.11 Å². The van der Waals surface area contributed by atoms with Gasteiger partial charge in [0.25, 0.3) is 0 Å². The molecule has 9 heteroatoms. The number of rotatable bonds is 9. The number of aromatic nitrogens is 3. The predicted octanol–water partition coefficient (Wildman–Crippen LogP) is 4.17. The van der Waals surface area contributed by atoms with Crippen LogP contribution in [-0.2, 0) is 11.4 Å². The van der Waals surface area contributed by atoms with Crippen LogP contribution in [0.15, 0.2) is 47.6 Å². The number of ether oxygens (including phenoxy) is 2. The average molecular weight is 447 g/mol. The maximum atomic E-state index is 11.7. The number of thioether (sulfide) groups is 1. The Kier molecular flexibility index (Phi) is 7.23. The van der Waals surface area contributed by atoms with Gasteiger partial charge in [-0.05, 0) is 55.3 Å². The zero-order valence-electron chi connectivity index (χ0n) is 17.0. The van der Waals surface area contributed by atoms with Crippen molar-refractivity contribution in [2.45, 2.75) is 37.3 Å². The lowest BCUT2D eigenvalue weighted by atomic mass is 10.2. The summed E-state index contributed by atoms with van der Waals surface area (Å²) < 4.78 is 12.9. The molecule has 30 heavy (non-hydrogen) atoms. The Morgan fingerprint density at radius 1 is 1.20 bits per heavy atom. The average Bonchev–Trinajstić information content (AvgIpc) is 3.15. The number of carbonyl (C=O) groups excluding carboxylic acids is 1. The van der Waals surface area contributed by atoms with Gasteiger partial charge in [-0.15, -0.1) is 10.2 Å². The molecule has 0 fully saturated rings. The molecule has 7 nitrogen and oxygen atoms in total. The first kappa shape index (κ1) is 22.0. The first-order valence-corrected chi connectivity index (χ1v) is 10.6. The lowest BCUT2D eigenvalue weighted by Crippen LogP contribution is -2.25. The number of nitrogens with two attached hydrogens (primary N) is 1. The molecule has 0 aliphatic rings. The van der Waals surface area contributed by atoms with Crippen LogP contribution in [-0.4, -0.2) is 33.0 Å². The van der Waals surface area contributed by atoms with Gasteiger partial charge in [0.05, 0.1) is 18.0 Å². The van der Waals surface area contributed by atoms with Crippen LogP contribution in [0.2, 0.25) is 5.02 Å². The van der Waals surface area contributed by atoms with Crippen LogP contribution < -0.4 is 15.2 Å². The lowest BCUT2D eigenvalue weighted by molar-refractivity contribution is -0.117. The number of carbonyl (C=O) groups is 1. The standard InChI is InChI=1S/C21H23ClN4O3S/c1-4-18(20(23)27)30-21-25-24-19(12-29-16-9-7-15(28-3)8-10-16)26(21)14-6-5-13(2)17(22)11-14/h5-11,18H,4,12H2,1-3H3,(H2,23,27). The van der Waals surface area contributed by atoms with E-state index in [9.17, 15) is 4.79 Å². The molecule has 0 aliphatic heterocycles. The largest absolute Gasteiger partial charge is 0.497 e. The van der Waals surface area contributed by atoms with Gasteiger partial charge in [0.2, 0.25) is 5.91 Å². The third-order valence-corrected chi connectivity index (χ3v) is 6.21. The van der Waals surface area contributed by atoms with Crippen LogP contribution in [0.3, 0.4) is 0 Å². The van der Waals surface area contributed by atoms with Gasteiger partial charge < -0.3 is 15.2 Å². The summed E-state index contributed by atoms with van der Waals surface area (Å²) in [5.41, 5.74) is 7.26. The van der Waals surface area contributed by atoms with Crippen molar-refractivity contribution >= 4 is 29.3 Å². The second-order valence-corrected chi connectivity index (χ2v) is 8.13. The summed E-state index contributed by atoms with van der Waals surface area (Å²) in [5, 5.41) is 9.33. The van der Waals surface area contributed by atoms with Crippen LogP contribution in [0.4, 0.5) is 0 Å². The fourth-order valence-electron chi connectivity index (χ4n) is 2.74. The summed E-state index contributed by atoms with van der Waals surface area (Å²) in [7, 11) is 1.61. The van der Waals surface area contributed by atoms with Crippen LogP contribution in [0.1, 0.15) is 24.7 Å². The van der Waals surface area contributed by atoms with Crippen molar-refractivity contribution in [1.29, 1.82) is 0 Å². The minimum Gasteiger partial charge on any atom is -0.497 e. The van der Waals surface area contributed by atoms with Crippen LogP contribution in [0, 0.1) is 6.92 Å². The normalized spacial score (nSPS) is 11.9. The fourth-order valence-corrected chi connectivity index (χ4v) is 3.86. The molecule has 0 saturated carbocycles. The Labute approximate surface area is 184 Å². The number of primary amides is 1. The number of benzene rings is 2. The molecule has 0 saturated heterocycles. The van der Waals surface area contributed by atoms with Crippen LogP contribution in [0.5, 0.6) is 11.5 Å². The summed E-state index contributed by atoms with van der Waals surface area (Å²) in [6.45, 7) is 4.01. The highest BCUT2D eigenvalue weighted by atomic mass is 35.5. The van der Waals surface area contributed by atoms with Gasteiger partial charge in [0.15, 0.2) is 11.0 Å². The number of amides is 1. The second-order valence-electron chi connectivity index (χ2n) is 6.55. The molecule has 1 heterocycles. The van der Waals surface area contributed by atoms with Crippen molar-refractivity contribution < 1.29 is 14.3 Å². The highest BCUT2D eigenvalue weighted by Gasteiger charge is 2.22. The molecule has 0 spiro atoms. The van der Waals surface area contributed by atoms with E-state index in [2.05, 4.69) is 10.2 Å². The summed E-state index contributed by atoms with van der Waals surface area (Å²) in [4.78, 5) is 11.7. The van der Waals surface area contributed by atoms with Gasteiger partial charge >= 0.3 is 0 Å². The SMILES string of the molecule is CCC(Sc1nnc(COc2ccc(OC)cc2)n1-c1ccc(C)c(Cl)c1)C(N)=O. The third kappa shape index (κ3) is 5.06. The minimum atomic E-state index is -0.413. The van der Waals surface area contributed by atoms with E-state index in [1.807, 2.05) is 60.9 Å². The third-order valence-electron chi connectivity index (χ3n) is 4.48. The van der Waals surface area contributed by atoms with E-state index < -0.39 is 11.2 Å². The van der Waals surface area contributed by atoms with Crippen molar-refractivity contribution in [3.05, 3.63) is 58.9 Å². The van der Waals surface area contributed by atoms with Crippen LogP contribution >= 0.6 is 23.4 Å². The van der Waals surface area contributed by atoms with E-state index in [-0.39, 0.29) is 6.61 Å². The number of hydrogen-bond acceptors (Lipinski definition) is 6.